The molecule has 0 N–H and O–H groups in total. The van der Waals surface area contributed by atoms with Crippen LogP contribution in [0.3, 0.4) is 0 Å². The first-order valence-electron chi connectivity index (χ1n) is 5.78. The minimum absolute atomic E-state index is 0.00969. The summed E-state index contributed by atoms with van der Waals surface area (Å²) in [5, 5.41) is 0. The van der Waals surface area contributed by atoms with Crippen molar-refractivity contribution in [2.24, 2.45) is 0 Å². The van der Waals surface area contributed by atoms with E-state index in [0.717, 1.165) is 12.2 Å². The van der Waals surface area contributed by atoms with Crippen LogP contribution in [0.15, 0.2) is 18.3 Å². The van der Waals surface area contributed by atoms with E-state index in [4.69, 9.17) is 4.74 Å². The highest BCUT2D eigenvalue weighted by atomic mass is 16.5. The van der Waals surface area contributed by atoms with Gasteiger partial charge in [0.05, 0.1) is 18.5 Å². The van der Waals surface area contributed by atoms with E-state index in [1.54, 1.807) is 19.4 Å². The zero-order valence-corrected chi connectivity index (χ0v) is 10.9. The van der Waals surface area contributed by atoms with Gasteiger partial charge in [0.1, 0.15) is 5.69 Å². The van der Waals surface area contributed by atoms with Gasteiger partial charge in [-0.1, -0.05) is 0 Å². The average Bonchev–Trinajstić information content (AvgIpc) is 2.29. The lowest BCUT2D eigenvalue weighted by atomic mass is 10.2. The van der Waals surface area contributed by atoms with Crippen LogP contribution in [0.1, 0.15) is 31.3 Å². The Kier molecular flexibility index (Phi) is 5.10. The van der Waals surface area contributed by atoms with E-state index >= 15 is 0 Å². The van der Waals surface area contributed by atoms with Crippen LogP contribution in [0.25, 0.3) is 0 Å². The van der Waals surface area contributed by atoms with E-state index < -0.39 is 0 Å². The summed E-state index contributed by atoms with van der Waals surface area (Å²) in [6, 6.07) is 4.06. The maximum Gasteiger partial charge on any atom is 0.178 e. The fraction of sp³-hybridized carbons (Fsp3) is 0.538. The summed E-state index contributed by atoms with van der Waals surface area (Å²) < 4.78 is 5.09. The topological polar surface area (TPSA) is 42.4 Å². The van der Waals surface area contributed by atoms with Crippen molar-refractivity contribution in [3.63, 3.8) is 0 Å². The second-order valence-corrected chi connectivity index (χ2v) is 4.24. The molecule has 94 valence electrons. The monoisotopic (exact) mass is 236 g/mol. The summed E-state index contributed by atoms with van der Waals surface area (Å²) in [6.07, 6.45) is 1.74. The molecule has 0 bridgehead atoms. The molecule has 1 rings (SSSR count). The summed E-state index contributed by atoms with van der Waals surface area (Å²) in [6.45, 7) is 7.25. The minimum Gasteiger partial charge on any atom is -0.383 e. The van der Waals surface area contributed by atoms with Crippen molar-refractivity contribution in [3.05, 3.63) is 24.0 Å². The van der Waals surface area contributed by atoms with E-state index in [1.165, 1.54) is 6.92 Å². The van der Waals surface area contributed by atoms with Crippen molar-refractivity contribution in [2.45, 2.75) is 26.8 Å². The van der Waals surface area contributed by atoms with Gasteiger partial charge in [-0.05, 0) is 26.0 Å². The van der Waals surface area contributed by atoms with Crippen LogP contribution in [0.5, 0.6) is 0 Å². The van der Waals surface area contributed by atoms with E-state index in [-0.39, 0.29) is 5.78 Å². The molecule has 1 aromatic rings. The van der Waals surface area contributed by atoms with Gasteiger partial charge in [-0.15, -0.1) is 0 Å². The Balaban J connectivity index is 2.83. The molecule has 0 unspecified atom stereocenters. The minimum atomic E-state index is -0.00969. The SMILES string of the molecule is COCCN(c1ccc(C(C)=O)nc1)C(C)C. The van der Waals surface area contributed by atoms with Gasteiger partial charge in [0.25, 0.3) is 0 Å². The van der Waals surface area contributed by atoms with Crippen LogP contribution in [0.4, 0.5) is 5.69 Å². The molecule has 17 heavy (non-hydrogen) atoms. The van der Waals surface area contributed by atoms with Crippen molar-refractivity contribution in [2.75, 3.05) is 25.2 Å². The molecule has 0 aliphatic carbocycles. The maximum atomic E-state index is 11.1. The number of anilines is 1. The molecule has 0 atom stereocenters. The maximum absolute atomic E-state index is 11.1. The first kappa shape index (κ1) is 13.6. The molecule has 0 spiro atoms. The summed E-state index contributed by atoms with van der Waals surface area (Å²) >= 11 is 0. The fourth-order valence-corrected chi connectivity index (χ4v) is 1.64. The molecule has 0 radical (unpaired) electrons. The normalized spacial score (nSPS) is 10.6. The van der Waals surface area contributed by atoms with Crippen molar-refractivity contribution in [1.29, 1.82) is 0 Å². The van der Waals surface area contributed by atoms with Gasteiger partial charge in [-0.3, -0.25) is 9.78 Å². The Labute approximate surface area is 103 Å². The predicted molar refractivity (Wildman–Crippen MR) is 68.6 cm³/mol. The second kappa shape index (κ2) is 6.35. The average molecular weight is 236 g/mol. The first-order valence-corrected chi connectivity index (χ1v) is 5.78. The highest BCUT2D eigenvalue weighted by Crippen LogP contribution is 2.16. The number of rotatable bonds is 6. The number of ether oxygens (including phenoxy) is 1. The molecule has 0 saturated heterocycles. The number of hydrogen-bond acceptors (Lipinski definition) is 4. The van der Waals surface area contributed by atoms with Gasteiger partial charge in [-0.2, -0.15) is 0 Å². The van der Waals surface area contributed by atoms with Crippen LogP contribution in [-0.4, -0.2) is 37.1 Å². The number of aromatic nitrogens is 1. The smallest absolute Gasteiger partial charge is 0.178 e. The Morgan fingerprint density at radius 1 is 1.47 bits per heavy atom. The van der Waals surface area contributed by atoms with Crippen molar-refractivity contribution < 1.29 is 9.53 Å². The van der Waals surface area contributed by atoms with Crippen LogP contribution >= 0.6 is 0 Å². The largest absolute Gasteiger partial charge is 0.383 e. The molecule has 0 aromatic carbocycles. The fourth-order valence-electron chi connectivity index (χ4n) is 1.64. The highest BCUT2D eigenvalue weighted by molar-refractivity contribution is 5.92. The van der Waals surface area contributed by atoms with E-state index in [0.29, 0.717) is 18.3 Å². The number of carbonyl (C=O) groups is 1. The van der Waals surface area contributed by atoms with Gasteiger partial charge in [0, 0.05) is 26.6 Å². The first-order chi connectivity index (χ1) is 8.06. The van der Waals surface area contributed by atoms with Gasteiger partial charge < -0.3 is 9.64 Å². The van der Waals surface area contributed by atoms with E-state index in [9.17, 15) is 4.79 Å². The summed E-state index contributed by atoms with van der Waals surface area (Å²) in [4.78, 5) is 17.5. The molecule has 1 aromatic heterocycles. The molecule has 1 heterocycles. The van der Waals surface area contributed by atoms with Gasteiger partial charge in [0.15, 0.2) is 5.78 Å². The summed E-state index contributed by atoms with van der Waals surface area (Å²) in [5.41, 5.74) is 1.52. The molecule has 0 fully saturated rings. The van der Waals surface area contributed by atoms with E-state index in [2.05, 4.69) is 23.7 Å². The zero-order valence-electron chi connectivity index (χ0n) is 10.9. The van der Waals surface area contributed by atoms with Gasteiger partial charge in [0.2, 0.25) is 0 Å². The van der Waals surface area contributed by atoms with Crippen molar-refractivity contribution in [3.8, 4) is 0 Å². The lowest BCUT2D eigenvalue weighted by molar-refractivity contribution is 0.101. The number of nitrogens with zero attached hydrogens (tertiary/aromatic N) is 2. The van der Waals surface area contributed by atoms with Crippen LogP contribution in [0.2, 0.25) is 0 Å². The van der Waals surface area contributed by atoms with Gasteiger partial charge >= 0.3 is 0 Å². The second-order valence-electron chi connectivity index (χ2n) is 4.24. The number of ketones is 1. The van der Waals surface area contributed by atoms with Crippen LogP contribution < -0.4 is 4.90 Å². The third kappa shape index (κ3) is 3.82. The number of hydrogen-bond donors (Lipinski definition) is 0. The number of pyridine rings is 1. The van der Waals surface area contributed by atoms with Crippen molar-refractivity contribution >= 4 is 11.5 Å². The molecule has 0 saturated carbocycles. The van der Waals surface area contributed by atoms with Gasteiger partial charge in [-0.25, -0.2) is 0 Å². The summed E-state index contributed by atoms with van der Waals surface area (Å²) in [5.74, 6) is -0.00969. The molecular formula is C13H20N2O2. The molecule has 0 aliphatic heterocycles. The molecule has 4 heteroatoms. The Morgan fingerprint density at radius 2 is 2.18 bits per heavy atom. The lowest BCUT2D eigenvalue weighted by Crippen LogP contribution is -2.33. The third-order valence-electron chi connectivity index (χ3n) is 2.60. The van der Waals surface area contributed by atoms with Crippen molar-refractivity contribution in [1.82, 2.24) is 4.98 Å². The molecular weight excluding hydrogens is 216 g/mol. The molecule has 0 amide bonds. The van der Waals surface area contributed by atoms with E-state index in [1.807, 2.05) is 6.07 Å². The van der Waals surface area contributed by atoms with Crippen LogP contribution in [0, 0.1) is 0 Å². The Bertz CT molecular complexity index is 360. The summed E-state index contributed by atoms with van der Waals surface area (Å²) in [7, 11) is 1.69. The standard InChI is InChI=1S/C13H20N2O2/c1-10(2)15(7-8-17-4)12-5-6-13(11(3)16)14-9-12/h5-6,9-10H,7-8H2,1-4H3. The predicted octanol–water partition coefficient (Wildman–Crippen LogP) is 2.15. The lowest BCUT2D eigenvalue weighted by Gasteiger charge is -2.28. The number of Topliss-reactive ketones (excluding diaryl/α,β-unsaturated/α-hetero) is 1. The molecule has 4 nitrogen and oxygen atoms in total. The Hall–Kier alpha value is -1.42. The quantitative estimate of drug-likeness (QED) is 0.710. The van der Waals surface area contributed by atoms with Crippen LogP contribution in [-0.2, 0) is 4.74 Å². The number of carbonyl (C=O) groups excluding carboxylic acids is 1. The molecule has 0 aliphatic rings. The third-order valence-corrected chi connectivity index (χ3v) is 2.60. The Morgan fingerprint density at radius 3 is 2.59 bits per heavy atom. The highest BCUT2D eigenvalue weighted by Gasteiger charge is 2.11. The number of methoxy groups -OCH3 is 1. The zero-order chi connectivity index (χ0) is 12.8.